The molecule has 0 aliphatic carbocycles. The fourth-order valence-corrected chi connectivity index (χ4v) is 2.51. The lowest BCUT2D eigenvalue weighted by molar-refractivity contribution is -0.116. The van der Waals surface area contributed by atoms with Crippen molar-refractivity contribution in [2.45, 2.75) is 32.2 Å². The lowest BCUT2D eigenvalue weighted by atomic mass is 10.1. The summed E-state index contributed by atoms with van der Waals surface area (Å²) in [5.74, 6) is -0.135. The summed E-state index contributed by atoms with van der Waals surface area (Å²) >= 11 is 3.37. The fourth-order valence-electron chi connectivity index (χ4n) is 2.06. The van der Waals surface area contributed by atoms with Gasteiger partial charge in [-0.3, -0.25) is 4.79 Å². The molecule has 108 valence electrons. The second-order valence-corrected chi connectivity index (χ2v) is 5.61. The zero-order chi connectivity index (χ0) is 14.7. The van der Waals surface area contributed by atoms with Crippen LogP contribution < -0.4 is 16.7 Å². The van der Waals surface area contributed by atoms with Gasteiger partial charge in [-0.05, 0) is 34.5 Å². The van der Waals surface area contributed by atoms with Crippen LogP contribution in [0.4, 0.5) is 5.69 Å². The third-order valence-corrected chi connectivity index (χ3v) is 3.64. The van der Waals surface area contributed by atoms with Crippen molar-refractivity contribution < 1.29 is 4.79 Å². The highest BCUT2D eigenvalue weighted by molar-refractivity contribution is 9.10. The first-order valence-corrected chi connectivity index (χ1v) is 7.26. The van der Waals surface area contributed by atoms with Crippen molar-refractivity contribution in [2.24, 2.45) is 5.73 Å². The molecule has 0 spiro atoms. The predicted octanol–water partition coefficient (Wildman–Crippen LogP) is 2.07. The zero-order valence-corrected chi connectivity index (χ0v) is 12.7. The van der Waals surface area contributed by atoms with Crippen molar-refractivity contribution in [2.75, 3.05) is 5.32 Å². The second-order valence-electron chi connectivity index (χ2n) is 4.76. The molecule has 2 aromatic rings. The molecule has 1 aromatic heterocycles. The molecule has 0 aliphatic rings. The van der Waals surface area contributed by atoms with Crippen molar-refractivity contribution in [3.63, 3.8) is 0 Å². The van der Waals surface area contributed by atoms with Gasteiger partial charge < -0.3 is 21.0 Å². The molecule has 1 amide bonds. The first-order valence-electron chi connectivity index (χ1n) is 6.46. The number of nitrogens with two attached hydrogens (primary N) is 1. The predicted molar refractivity (Wildman–Crippen MR) is 82.7 cm³/mol. The summed E-state index contributed by atoms with van der Waals surface area (Å²) in [5, 5.41) is 2.80. The average molecular weight is 341 g/mol. The van der Waals surface area contributed by atoms with E-state index >= 15 is 0 Å². The number of anilines is 1. The highest BCUT2D eigenvalue weighted by Crippen LogP contribution is 2.26. The van der Waals surface area contributed by atoms with Gasteiger partial charge in [0.05, 0.1) is 16.7 Å². The van der Waals surface area contributed by atoms with Crippen LogP contribution >= 0.6 is 15.9 Å². The normalized spacial score (nSPS) is 12.6. The van der Waals surface area contributed by atoms with Gasteiger partial charge in [0.15, 0.2) is 0 Å². The molecule has 1 unspecified atom stereocenters. The summed E-state index contributed by atoms with van der Waals surface area (Å²) < 4.78 is 0.706. The number of halogens is 1. The Hall–Kier alpha value is -1.60. The van der Waals surface area contributed by atoms with Gasteiger partial charge in [-0.25, -0.2) is 4.79 Å². The summed E-state index contributed by atoms with van der Waals surface area (Å²) in [7, 11) is 0. The molecule has 1 aromatic carbocycles. The van der Waals surface area contributed by atoms with Gasteiger partial charge in [-0.1, -0.05) is 13.3 Å². The third kappa shape index (κ3) is 3.49. The minimum absolute atomic E-state index is 0.130. The zero-order valence-electron chi connectivity index (χ0n) is 11.1. The number of hydrogen-bond acceptors (Lipinski definition) is 3. The van der Waals surface area contributed by atoms with E-state index in [4.69, 9.17) is 5.73 Å². The number of carbonyl (C=O) groups is 1. The molecule has 0 aliphatic heterocycles. The van der Waals surface area contributed by atoms with Gasteiger partial charge in [-0.15, -0.1) is 0 Å². The Morgan fingerprint density at radius 2 is 2.05 bits per heavy atom. The van der Waals surface area contributed by atoms with Crippen molar-refractivity contribution in [3.05, 3.63) is 27.1 Å². The Morgan fingerprint density at radius 1 is 1.40 bits per heavy atom. The molecular weight excluding hydrogens is 324 g/mol. The minimum Gasteiger partial charge on any atom is -0.327 e. The Balaban J connectivity index is 2.14. The third-order valence-electron chi connectivity index (χ3n) is 2.98. The number of carbonyl (C=O) groups excluding carboxylic acids is 1. The first-order chi connectivity index (χ1) is 9.49. The maximum atomic E-state index is 11.9. The molecule has 2 rings (SSSR count). The summed E-state index contributed by atoms with van der Waals surface area (Å²) in [6.45, 7) is 2.03. The SMILES string of the molecule is CCCC(N)CC(=O)Nc1cc2[nH]c(=O)[nH]c2cc1Br. The summed E-state index contributed by atoms with van der Waals surface area (Å²) in [6, 6.07) is 3.32. The molecule has 0 saturated carbocycles. The highest BCUT2D eigenvalue weighted by atomic mass is 79.9. The van der Waals surface area contributed by atoms with Crippen LogP contribution in [-0.4, -0.2) is 21.9 Å². The van der Waals surface area contributed by atoms with Gasteiger partial charge in [0, 0.05) is 16.9 Å². The number of imidazole rings is 1. The Labute approximate surface area is 124 Å². The van der Waals surface area contributed by atoms with Crippen LogP contribution in [0.15, 0.2) is 21.4 Å². The fraction of sp³-hybridized carbons (Fsp3) is 0.385. The van der Waals surface area contributed by atoms with E-state index < -0.39 is 0 Å². The highest BCUT2D eigenvalue weighted by Gasteiger charge is 2.12. The summed E-state index contributed by atoms with van der Waals surface area (Å²) in [6.07, 6.45) is 2.05. The molecule has 5 N–H and O–H groups in total. The van der Waals surface area contributed by atoms with Crippen molar-refractivity contribution in [3.8, 4) is 0 Å². The van der Waals surface area contributed by atoms with E-state index in [0.29, 0.717) is 21.2 Å². The van der Waals surface area contributed by atoms with Crippen LogP contribution in [0.1, 0.15) is 26.2 Å². The number of benzene rings is 1. The van der Waals surface area contributed by atoms with Crippen LogP contribution in [0.25, 0.3) is 11.0 Å². The van der Waals surface area contributed by atoms with E-state index in [1.165, 1.54) is 0 Å². The van der Waals surface area contributed by atoms with E-state index in [0.717, 1.165) is 12.8 Å². The van der Waals surface area contributed by atoms with Crippen LogP contribution in [-0.2, 0) is 4.79 Å². The molecular formula is C13H17BrN4O2. The monoisotopic (exact) mass is 340 g/mol. The maximum Gasteiger partial charge on any atom is 0.323 e. The van der Waals surface area contributed by atoms with E-state index in [2.05, 4.69) is 31.2 Å². The van der Waals surface area contributed by atoms with Gasteiger partial charge in [-0.2, -0.15) is 0 Å². The largest absolute Gasteiger partial charge is 0.327 e. The molecule has 20 heavy (non-hydrogen) atoms. The number of hydrogen-bond donors (Lipinski definition) is 4. The van der Waals surface area contributed by atoms with Crippen LogP contribution in [0.5, 0.6) is 0 Å². The number of nitrogens with one attached hydrogen (secondary N) is 3. The molecule has 0 fully saturated rings. The number of aromatic nitrogens is 2. The summed E-state index contributed by atoms with van der Waals surface area (Å²) in [5.41, 5.74) is 7.51. The number of fused-ring (bicyclic) bond motifs is 1. The van der Waals surface area contributed by atoms with Gasteiger partial charge in [0.25, 0.3) is 0 Å². The standard InChI is InChI=1S/C13H17BrN4O2/c1-2-3-7(15)4-12(19)16-9-6-11-10(5-8(9)14)17-13(20)18-11/h5-7H,2-4,15H2,1H3,(H,16,19)(H2,17,18,20). The van der Waals surface area contributed by atoms with E-state index in [1.54, 1.807) is 12.1 Å². The first kappa shape index (κ1) is 14.8. The van der Waals surface area contributed by atoms with Crippen molar-refractivity contribution >= 4 is 38.6 Å². The molecule has 0 radical (unpaired) electrons. The van der Waals surface area contributed by atoms with E-state index in [-0.39, 0.29) is 24.1 Å². The lowest BCUT2D eigenvalue weighted by Crippen LogP contribution is -2.26. The van der Waals surface area contributed by atoms with E-state index in [9.17, 15) is 9.59 Å². The van der Waals surface area contributed by atoms with Gasteiger partial charge in [0.1, 0.15) is 0 Å². The van der Waals surface area contributed by atoms with Crippen LogP contribution in [0.2, 0.25) is 0 Å². The Bertz CT molecular complexity index is 677. The molecule has 1 atom stereocenters. The average Bonchev–Trinajstić information content (AvgIpc) is 2.68. The molecule has 7 heteroatoms. The quantitative estimate of drug-likeness (QED) is 0.669. The van der Waals surface area contributed by atoms with Crippen LogP contribution in [0, 0.1) is 0 Å². The molecule has 0 saturated heterocycles. The minimum atomic E-state index is -0.277. The van der Waals surface area contributed by atoms with Gasteiger partial charge >= 0.3 is 5.69 Å². The smallest absolute Gasteiger partial charge is 0.323 e. The number of amides is 1. The van der Waals surface area contributed by atoms with Crippen molar-refractivity contribution in [1.29, 1.82) is 0 Å². The van der Waals surface area contributed by atoms with Gasteiger partial charge in [0.2, 0.25) is 5.91 Å². The lowest BCUT2D eigenvalue weighted by Gasteiger charge is -2.11. The van der Waals surface area contributed by atoms with E-state index in [1.807, 2.05) is 6.92 Å². The van der Waals surface area contributed by atoms with Crippen LogP contribution in [0.3, 0.4) is 0 Å². The Morgan fingerprint density at radius 3 is 2.70 bits per heavy atom. The summed E-state index contributed by atoms with van der Waals surface area (Å²) in [4.78, 5) is 28.4. The Kier molecular flexibility index (Phi) is 4.61. The molecule has 1 heterocycles. The molecule has 6 nitrogen and oxygen atoms in total. The number of rotatable bonds is 5. The number of H-pyrrole nitrogens is 2. The topological polar surface area (TPSA) is 104 Å². The number of aromatic amines is 2. The maximum absolute atomic E-state index is 11.9. The second kappa shape index (κ2) is 6.23. The molecule has 0 bridgehead atoms. The van der Waals surface area contributed by atoms with Crippen molar-refractivity contribution in [1.82, 2.24) is 9.97 Å².